The monoisotopic (exact) mass is 494 g/mol. The summed E-state index contributed by atoms with van der Waals surface area (Å²) in [6.45, 7) is 15.2. The van der Waals surface area contributed by atoms with Gasteiger partial charge in [0.2, 0.25) is 0 Å². The summed E-state index contributed by atoms with van der Waals surface area (Å²) in [7, 11) is -3.81. The first-order valence-electron chi connectivity index (χ1n) is 4.32. The van der Waals surface area contributed by atoms with Gasteiger partial charge in [-0.3, -0.25) is 0 Å². The van der Waals surface area contributed by atoms with Crippen molar-refractivity contribution in [3.63, 3.8) is 0 Å². The van der Waals surface area contributed by atoms with Crippen molar-refractivity contribution in [1.29, 1.82) is 0 Å². The van der Waals surface area contributed by atoms with E-state index in [0.717, 1.165) is 0 Å². The molecular formula is C13H44O2Si3Y2-. The Labute approximate surface area is 187 Å². The van der Waals surface area contributed by atoms with E-state index in [2.05, 4.69) is 45.8 Å². The van der Waals surface area contributed by atoms with E-state index >= 15 is 0 Å². The number of hydrogen-bond donors (Lipinski definition) is 0. The van der Waals surface area contributed by atoms with E-state index in [-0.39, 0.29) is 110 Å². The molecule has 2 nitrogen and oxygen atoms in total. The second kappa shape index (κ2) is 24.0. The molecule has 0 aliphatic carbocycles. The van der Waals surface area contributed by atoms with Crippen LogP contribution in [0.1, 0.15) is 37.1 Å². The zero-order chi connectivity index (χ0) is 9.99. The molecule has 0 aromatic rings. The van der Waals surface area contributed by atoms with Gasteiger partial charge in [-0.2, -0.15) is 0 Å². The van der Waals surface area contributed by atoms with Gasteiger partial charge in [0, 0.05) is 65.4 Å². The van der Waals surface area contributed by atoms with Gasteiger partial charge < -0.3 is 15.7 Å². The molecule has 0 aliphatic rings. The van der Waals surface area contributed by atoms with Gasteiger partial charge in [-0.15, -0.1) is 0 Å². The third-order valence-corrected chi connectivity index (χ3v) is 9.02. The Kier molecular flexibility index (Phi) is 68.4. The van der Waals surface area contributed by atoms with Crippen molar-refractivity contribution in [2.45, 2.75) is 83.0 Å². The third-order valence-electron chi connectivity index (χ3n) is 1.00. The standard InChI is InChI=1S/C7H21O2Si3.5CH4.CH3.2Y/c1-10(2)8-12(6,7)9-11(3,4)5;;;;;;;;/h1-7H3;5*1H4;1H3;;/q;;;;;;-1;;. The fourth-order valence-corrected chi connectivity index (χ4v) is 11.6. The zero-order valence-electron chi connectivity index (χ0n) is 11.5. The molecule has 0 bridgehead atoms. The van der Waals surface area contributed by atoms with Crippen molar-refractivity contribution in [3.8, 4) is 0 Å². The molecule has 20 heavy (non-hydrogen) atoms. The topological polar surface area (TPSA) is 18.5 Å². The molecule has 3 radical (unpaired) electrons. The van der Waals surface area contributed by atoms with Gasteiger partial charge in [-0.25, -0.2) is 0 Å². The van der Waals surface area contributed by atoms with Gasteiger partial charge in [-0.05, 0) is 45.8 Å². The van der Waals surface area contributed by atoms with E-state index in [1.54, 1.807) is 0 Å². The molecule has 0 aromatic heterocycles. The molecule has 0 saturated carbocycles. The van der Waals surface area contributed by atoms with Crippen LogP contribution >= 0.6 is 0 Å². The van der Waals surface area contributed by atoms with Gasteiger partial charge in [0.25, 0.3) is 0 Å². The van der Waals surface area contributed by atoms with Crippen molar-refractivity contribution in [1.82, 2.24) is 0 Å². The molecule has 7 heteroatoms. The van der Waals surface area contributed by atoms with Crippen molar-refractivity contribution in [2.24, 2.45) is 0 Å². The Hall–Kier alpha value is 2.78. The fraction of sp³-hybridized carbons (Fsp3) is 0.923. The third kappa shape index (κ3) is 42.8. The smallest absolute Gasteiger partial charge is 0.311 e. The zero-order valence-corrected chi connectivity index (χ0v) is 20.1. The molecule has 0 aromatic carbocycles. The normalized spacial score (nSPS) is 8.40. The van der Waals surface area contributed by atoms with Crippen LogP contribution in [0.3, 0.4) is 0 Å². The van der Waals surface area contributed by atoms with Crippen LogP contribution in [0.15, 0.2) is 0 Å². The first-order chi connectivity index (χ1) is 5.12. The maximum absolute atomic E-state index is 6.02. The molecule has 0 atom stereocenters. The van der Waals surface area contributed by atoms with E-state index < -0.39 is 25.9 Å². The molecule has 0 N–H and O–H groups in total. The molecule has 0 unspecified atom stereocenters. The summed E-state index contributed by atoms with van der Waals surface area (Å²) in [6, 6.07) is 0. The quantitative estimate of drug-likeness (QED) is 0.331. The maximum atomic E-state index is 6.02. The summed E-state index contributed by atoms with van der Waals surface area (Å²) in [5, 5.41) is 0. The van der Waals surface area contributed by atoms with Gasteiger partial charge >= 0.3 is 8.56 Å². The van der Waals surface area contributed by atoms with Gasteiger partial charge in [0.05, 0.1) is 0 Å². The summed E-state index contributed by atoms with van der Waals surface area (Å²) in [4.78, 5) is 0. The maximum Gasteiger partial charge on any atom is 0.311 e. The van der Waals surface area contributed by atoms with Crippen LogP contribution in [0, 0.1) is 7.43 Å². The van der Waals surface area contributed by atoms with Crippen LogP contribution in [0.5, 0.6) is 0 Å². The summed E-state index contributed by atoms with van der Waals surface area (Å²) in [6.07, 6.45) is 0. The van der Waals surface area contributed by atoms with Crippen LogP contribution in [0.25, 0.3) is 0 Å². The van der Waals surface area contributed by atoms with Crippen LogP contribution in [0.4, 0.5) is 0 Å². The molecular weight excluding hydrogens is 450 g/mol. The van der Waals surface area contributed by atoms with Crippen LogP contribution < -0.4 is 0 Å². The van der Waals surface area contributed by atoms with Gasteiger partial charge in [-0.1, -0.05) is 37.1 Å². The van der Waals surface area contributed by atoms with E-state index in [4.69, 9.17) is 8.23 Å². The number of rotatable bonds is 4. The second-order valence-electron chi connectivity index (χ2n) is 4.62. The Bertz CT molecular complexity index is 153. The Morgan fingerprint density at radius 2 is 0.950 bits per heavy atom. The molecule has 0 spiro atoms. The van der Waals surface area contributed by atoms with Crippen molar-refractivity contribution in [3.05, 3.63) is 7.43 Å². The number of hydrogen-bond acceptors (Lipinski definition) is 2. The molecule has 127 valence electrons. The molecule has 0 saturated heterocycles. The second-order valence-corrected chi connectivity index (χ2v) is 15.1. The first-order valence-corrected chi connectivity index (χ1v) is 12.9. The summed E-state index contributed by atoms with van der Waals surface area (Å²) in [5.41, 5.74) is 0. The summed E-state index contributed by atoms with van der Waals surface area (Å²) >= 11 is 0. The molecule has 0 fully saturated rings. The van der Waals surface area contributed by atoms with E-state index in [0.29, 0.717) is 0 Å². The van der Waals surface area contributed by atoms with Crippen molar-refractivity contribution >= 4 is 25.9 Å². The summed E-state index contributed by atoms with van der Waals surface area (Å²) < 4.78 is 11.9. The minimum atomic E-state index is -1.79. The minimum Gasteiger partial charge on any atom is -0.437 e. The summed E-state index contributed by atoms with van der Waals surface area (Å²) in [5.74, 6) is 0. The van der Waals surface area contributed by atoms with Crippen LogP contribution in [-0.4, -0.2) is 25.9 Å². The Morgan fingerprint density at radius 3 is 1.10 bits per heavy atom. The van der Waals surface area contributed by atoms with E-state index in [9.17, 15) is 0 Å². The van der Waals surface area contributed by atoms with Crippen LogP contribution in [-0.2, 0) is 73.6 Å². The predicted octanol–water partition coefficient (Wildman–Crippen LogP) is 6.43. The average molecular weight is 495 g/mol. The molecule has 0 aliphatic heterocycles. The molecule has 0 amide bonds. The van der Waals surface area contributed by atoms with Gasteiger partial charge in [0.1, 0.15) is 0 Å². The predicted molar refractivity (Wildman–Crippen MR) is 101 cm³/mol. The molecule has 0 heterocycles. The molecule has 0 rings (SSSR count). The average Bonchev–Trinajstić information content (AvgIpc) is 1.48. The van der Waals surface area contributed by atoms with Crippen molar-refractivity contribution < 1.29 is 73.6 Å². The Morgan fingerprint density at radius 1 is 0.700 bits per heavy atom. The first kappa shape index (κ1) is 56.9. The van der Waals surface area contributed by atoms with E-state index in [1.165, 1.54) is 0 Å². The fourth-order valence-electron chi connectivity index (χ4n) is 1.25. The minimum absolute atomic E-state index is 0. The largest absolute Gasteiger partial charge is 0.437 e. The van der Waals surface area contributed by atoms with Gasteiger partial charge in [0.15, 0.2) is 17.4 Å². The SMILES string of the molecule is C.C.C.C.C.C[Si](C)O[Si](C)(C)O[Si](C)(C)C.[CH3-].[Y].[Y]. The van der Waals surface area contributed by atoms with Crippen molar-refractivity contribution in [2.75, 3.05) is 0 Å². The van der Waals surface area contributed by atoms with E-state index in [1.807, 2.05) is 0 Å². The Balaban J connectivity index is -0.0000000216. The van der Waals surface area contributed by atoms with Crippen LogP contribution in [0.2, 0.25) is 45.8 Å².